The molecule has 0 aliphatic heterocycles. The molecule has 0 fully saturated rings. The van der Waals surface area contributed by atoms with Crippen molar-refractivity contribution in [1.29, 1.82) is 0 Å². The van der Waals surface area contributed by atoms with E-state index < -0.39 is 10.0 Å². The van der Waals surface area contributed by atoms with E-state index in [9.17, 15) is 13.5 Å². The number of primary sulfonamides is 1. The summed E-state index contributed by atoms with van der Waals surface area (Å²) in [5.74, 6) is -0.0672. The van der Waals surface area contributed by atoms with Crippen LogP contribution in [0.1, 0.15) is 26.3 Å². The van der Waals surface area contributed by atoms with E-state index in [2.05, 4.69) is 42.9 Å². The summed E-state index contributed by atoms with van der Waals surface area (Å²) in [5, 5.41) is 27.6. The number of benzene rings is 2. The molecule has 8 nitrogen and oxygen atoms in total. The average Bonchev–Trinajstić information content (AvgIpc) is 2.96. The highest BCUT2D eigenvalue weighted by molar-refractivity contribution is 7.89. The van der Waals surface area contributed by atoms with Gasteiger partial charge in [-0.15, -0.1) is 16.8 Å². The van der Waals surface area contributed by atoms with E-state index in [1.54, 1.807) is 22.8 Å². The summed E-state index contributed by atoms with van der Waals surface area (Å²) in [6.45, 7) is 10.4. The number of hydrogen-bond donors (Lipinski definition) is 3. The van der Waals surface area contributed by atoms with Crippen LogP contribution in [0.25, 0.3) is 10.9 Å². The number of sulfonamides is 1. The number of thiocarbonyl (C=S) groups is 1. The third-order valence-corrected chi connectivity index (χ3v) is 6.02. The summed E-state index contributed by atoms with van der Waals surface area (Å²) in [5.41, 5.74) is 2.19. The minimum Gasteiger partial charge on any atom is -0.493 e. The Morgan fingerprint density at radius 3 is 2.59 bits per heavy atom. The van der Waals surface area contributed by atoms with E-state index in [1.165, 1.54) is 12.1 Å². The van der Waals surface area contributed by atoms with Gasteiger partial charge in [0.05, 0.1) is 11.2 Å². The Balaban J connectivity index is 2.02. The number of allylic oxidation sites excluding steroid dienone is 1. The fraction of sp³-hybridized carbons (Fsp3) is 0.227. The van der Waals surface area contributed by atoms with E-state index in [0.717, 1.165) is 11.1 Å². The smallest absolute Gasteiger partial charge is 0.240 e. The highest BCUT2D eigenvalue weighted by Gasteiger charge is 2.20. The lowest BCUT2D eigenvalue weighted by Crippen LogP contribution is -2.16. The number of fused-ring (bicyclic) bond motifs is 1. The summed E-state index contributed by atoms with van der Waals surface area (Å²) in [4.78, 5) is -0.113. The summed E-state index contributed by atoms with van der Waals surface area (Å²) in [7, 11) is -3.95. The topological polar surface area (TPSA) is 122 Å². The molecular formula is C22H25N5O3S2. The van der Waals surface area contributed by atoms with Crippen molar-refractivity contribution in [2.24, 2.45) is 15.4 Å². The van der Waals surface area contributed by atoms with Crippen LogP contribution >= 0.6 is 12.2 Å². The molecule has 0 radical (unpaired) electrons. The zero-order chi connectivity index (χ0) is 23.7. The van der Waals surface area contributed by atoms with Gasteiger partial charge in [-0.3, -0.25) is 0 Å². The van der Waals surface area contributed by atoms with Gasteiger partial charge < -0.3 is 15.0 Å². The van der Waals surface area contributed by atoms with Gasteiger partial charge in [0.2, 0.25) is 21.0 Å². The second kappa shape index (κ2) is 8.81. The van der Waals surface area contributed by atoms with Gasteiger partial charge in [0.15, 0.2) is 5.69 Å². The molecule has 0 saturated heterocycles. The standard InChI is InChI=1S/C22H25N5O3S2/c1-5-12-27-17-11-10-14(22(2,3)4)13-15(17)19(20(27)28)25-26-21(31)24-16-8-6-7-9-18(16)32(23,29)30/h5-11,13,28H,1,12H2,2-4H3,(H,24,31)(H2,23,29,30). The van der Waals surface area contributed by atoms with Gasteiger partial charge in [-0.05, 0) is 47.5 Å². The molecule has 0 atom stereocenters. The van der Waals surface area contributed by atoms with Crippen LogP contribution in [0.3, 0.4) is 0 Å². The van der Waals surface area contributed by atoms with Crippen LogP contribution in [0.15, 0.2) is 70.2 Å². The number of aromatic nitrogens is 1. The molecule has 0 aliphatic rings. The van der Waals surface area contributed by atoms with Gasteiger partial charge in [0.25, 0.3) is 0 Å². The normalized spacial score (nSPS) is 12.4. The van der Waals surface area contributed by atoms with Gasteiger partial charge in [0.1, 0.15) is 4.90 Å². The van der Waals surface area contributed by atoms with E-state index in [-0.39, 0.29) is 32.7 Å². The first kappa shape index (κ1) is 23.6. The molecule has 10 heteroatoms. The number of aromatic hydroxyl groups is 1. The molecule has 1 heterocycles. The number of para-hydroxylation sites is 1. The fourth-order valence-electron chi connectivity index (χ4n) is 3.26. The fourth-order valence-corrected chi connectivity index (χ4v) is 4.10. The Morgan fingerprint density at radius 1 is 1.28 bits per heavy atom. The second-order valence-electron chi connectivity index (χ2n) is 8.22. The molecule has 1 aromatic heterocycles. The first-order valence-corrected chi connectivity index (χ1v) is 11.7. The number of nitrogens with two attached hydrogens (primary N) is 1. The first-order chi connectivity index (χ1) is 14.9. The molecule has 0 aliphatic carbocycles. The Bertz CT molecular complexity index is 1340. The summed E-state index contributed by atoms with van der Waals surface area (Å²) >= 11 is 5.21. The average molecular weight is 472 g/mol. The molecule has 3 rings (SSSR count). The van der Waals surface area contributed by atoms with Gasteiger partial charge in [-0.1, -0.05) is 45.0 Å². The van der Waals surface area contributed by atoms with Crippen LogP contribution < -0.4 is 10.5 Å². The molecular weight excluding hydrogens is 446 g/mol. The quantitative estimate of drug-likeness (QED) is 0.276. The SMILES string of the molecule is C=CCn1c(O)c(N=NC(=S)Nc2ccccc2S(N)(=O)=O)c2cc(C(C)(C)C)ccc21. The molecule has 0 saturated carbocycles. The van der Waals surface area contributed by atoms with Gasteiger partial charge in [-0.25, -0.2) is 13.6 Å². The lowest BCUT2D eigenvalue weighted by Gasteiger charge is -2.19. The number of rotatable bonds is 5. The molecule has 0 amide bonds. The summed E-state index contributed by atoms with van der Waals surface area (Å²) in [6.07, 6.45) is 1.67. The third kappa shape index (κ3) is 4.87. The van der Waals surface area contributed by atoms with E-state index >= 15 is 0 Å². The van der Waals surface area contributed by atoms with Crippen LogP contribution in [-0.2, 0) is 22.0 Å². The van der Waals surface area contributed by atoms with E-state index in [4.69, 9.17) is 17.4 Å². The number of nitrogens with one attached hydrogen (secondary N) is 1. The highest BCUT2D eigenvalue weighted by atomic mass is 32.2. The van der Waals surface area contributed by atoms with Crippen molar-refractivity contribution < 1.29 is 13.5 Å². The molecule has 32 heavy (non-hydrogen) atoms. The van der Waals surface area contributed by atoms with Crippen LogP contribution in [0.5, 0.6) is 5.88 Å². The predicted octanol–water partition coefficient (Wildman–Crippen LogP) is 4.96. The van der Waals surface area contributed by atoms with Crippen molar-refractivity contribution in [2.75, 3.05) is 5.32 Å². The van der Waals surface area contributed by atoms with Crippen LogP contribution in [0.2, 0.25) is 0 Å². The maximum atomic E-state index is 11.8. The molecule has 0 spiro atoms. The number of hydrogen-bond acceptors (Lipinski definition) is 5. The number of azo groups is 1. The van der Waals surface area contributed by atoms with Gasteiger partial charge in [0, 0.05) is 11.9 Å². The molecule has 168 valence electrons. The zero-order valence-electron chi connectivity index (χ0n) is 18.0. The minimum absolute atomic E-state index is 0.0672. The van der Waals surface area contributed by atoms with Gasteiger partial charge >= 0.3 is 0 Å². The molecule has 2 aromatic carbocycles. The zero-order valence-corrected chi connectivity index (χ0v) is 19.7. The van der Waals surface area contributed by atoms with Crippen molar-refractivity contribution in [3.63, 3.8) is 0 Å². The Kier molecular flexibility index (Phi) is 6.49. The maximum Gasteiger partial charge on any atom is 0.240 e. The second-order valence-corrected chi connectivity index (χ2v) is 10.1. The van der Waals surface area contributed by atoms with Crippen molar-refractivity contribution in [3.8, 4) is 5.88 Å². The van der Waals surface area contributed by atoms with Crippen LogP contribution in [0, 0.1) is 0 Å². The van der Waals surface area contributed by atoms with E-state index in [1.807, 2.05) is 18.2 Å². The lowest BCUT2D eigenvalue weighted by molar-refractivity contribution is 0.431. The number of anilines is 1. The number of nitrogens with zero attached hydrogens (tertiary/aromatic N) is 3. The largest absolute Gasteiger partial charge is 0.493 e. The Labute approximate surface area is 192 Å². The molecule has 0 bridgehead atoms. The molecule has 0 unspecified atom stereocenters. The molecule has 3 aromatic rings. The summed E-state index contributed by atoms with van der Waals surface area (Å²) < 4.78 is 25.2. The van der Waals surface area contributed by atoms with Crippen molar-refractivity contribution in [2.45, 2.75) is 37.6 Å². The van der Waals surface area contributed by atoms with Crippen molar-refractivity contribution in [3.05, 3.63) is 60.7 Å². The maximum absolute atomic E-state index is 11.8. The minimum atomic E-state index is -3.95. The summed E-state index contributed by atoms with van der Waals surface area (Å²) in [6, 6.07) is 12.0. The van der Waals surface area contributed by atoms with Crippen LogP contribution in [-0.4, -0.2) is 23.2 Å². The van der Waals surface area contributed by atoms with Crippen molar-refractivity contribution in [1.82, 2.24) is 4.57 Å². The molecule has 4 N–H and O–H groups in total. The first-order valence-electron chi connectivity index (χ1n) is 9.74. The van der Waals surface area contributed by atoms with Crippen LogP contribution in [0.4, 0.5) is 11.4 Å². The lowest BCUT2D eigenvalue weighted by atomic mass is 9.86. The third-order valence-electron chi connectivity index (χ3n) is 4.86. The Morgan fingerprint density at radius 2 is 1.97 bits per heavy atom. The predicted molar refractivity (Wildman–Crippen MR) is 131 cm³/mol. The van der Waals surface area contributed by atoms with Crippen molar-refractivity contribution >= 4 is 49.6 Å². The highest BCUT2D eigenvalue weighted by Crippen LogP contribution is 2.40. The Hall–Kier alpha value is -3.08. The monoisotopic (exact) mass is 471 g/mol. The van der Waals surface area contributed by atoms with E-state index in [0.29, 0.717) is 11.9 Å². The van der Waals surface area contributed by atoms with Gasteiger partial charge in [-0.2, -0.15) is 0 Å².